The van der Waals surface area contributed by atoms with E-state index in [1.807, 2.05) is 44.2 Å². The number of rotatable bonds is 6. The van der Waals surface area contributed by atoms with Gasteiger partial charge in [0.15, 0.2) is 0 Å². The van der Waals surface area contributed by atoms with E-state index in [4.69, 9.17) is 0 Å². The van der Waals surface area contributed by atoms with E-state index in [9.17, 15) is 14.4 Å². The summed E-state index contributed by atoms with van der Waals surface area (Å²) in [5.74, 6) is -1.41. The molecule has 0 saturated carbocycles. The van der Waals surface area contributed by atoms with Crippen LogP contribution in [0.2, 0.25) is 0 Å². The lowest BCUT2D eigenvalue weighted by atomic mass is 10.1. The van der Waals surface area contributed by atoms with Gasteiger partial charge in [-0.1, -0.05) is 22.0 Å². The Kier molecular flexibility index (Phi) is 6.69. The van der Waals surface area contributed by atoms with Gasteiger partial charge in [-0.05, 0) is 67.8 Å². The van der Waals surface area contributed by atoms with Crippen LogP contribution in [0.5, 0.6) is 0 Å². The van der Waals surface area contributed by atoms with Gasteiger partial charge in [-0.25, -0.2) is 0 Å². The van der Waals surface area contributed by atoms with E-state index < -0.39 is 5.92 Å². The number of benzene rings is 2. The molecule has 152 valence electrons. The average molecular weight is 458 g/mol. The van der Waals surface area contributed by atoms with E-state index in [1.165, 1.54) is 0 Å². The molecule has 1 aliphatic heterocycles. The molecule has 0 aliphatic carbocycles. The van der Waals surface area contributed by atoms with Crippen molar-refractivity contribution in [3.8, 4) is 0 Å². The van der Waals surface area contributed by atoms with Crippen LogP contribution in [0, 0.1) is 19.8 Å². The highest BCUT2D eigenvalue weighted by Gasteiger charge is 2.37. The lowest BCUT2D eigenvalue weighted by molar-refractivity contribution is -0.132. The Morgan fingerprint density at radius 1 is 1.10 bits per heavy atom. The second-order valence-electron chi connectivity index (χ2n) is 7.20. The molecular weight excluding hydrogens is 434 g/mol. The molecule has 2 aromatic rings. The van der Waals surface area contributed by atoms with Crippen LogP contribution in [0.1, 0.15) is 24.0 Å². The number of carbonyl (C=O) groups excluding carboxylic acids is 3. The van der Waals surface area contributed by atoms with Gasteiger partial charge >= 0.3 is 0 Å². The van der Waals surface area contributed by atoms with Crippen molar-refractivity contribution in [3.63, 3.8) is 0 Å². The van der Waals surface area contributed by atoms with Crippen LogP contribution < -0.4 is 15.5 Å². The first-order chi connectivity index (χ1) is 13.8. The summed E-state index contributed by atoms with van der Waals surface area (Å²) >= 11 is 3.34. The summed E-state index contributed by atoms with van der Waals surface area (Å²) in [7, 11) is 0. The Morgan fingerprint density at radius 3 is 2.52 bits per heavy atom. The molecule has 2 N–H and O–H groups in total. The van der Waals surface area contributed by atoms with Gasteiger partial charge in [-0.2, -0.15) is 0 Å². The number of aryl methyl sites for hydroxylation is 2. The van der Waals surface area contributed by atoms with Crippen molar-refractivity contribution in [1.82, 2.24) is 5.32 Å². The summed E-state index contributed by atoms with van der Waals surface area (Å²) in [6.07, 6.45) is 0.617. The summed E-state index contributed by atoms with van der Waals surface area (Å²) < 4.78 is 0.929. The number of nitrogens with one attached hydrogen (secondary N) is 2. The Balaban J connectivity index is 1.48. The van der Waals surface area contributed by atoms with E-state index in [0.29, 0.717) is 18.7 Å². The smallest absolute Gasteiger partial charge is 0.239 e. The first-order valence-corrected chi connectivity index (χ1v) is 10.4. The molecule has 2 aromatic carbocycles. The summed E-state index contributed by atoms with van der Waals surface area (Å²) in [5, 5.41) is 5.49. The number of hydrogen-bond donors (Lipinski definition) is 2. The van der Waals surface area contributed by atoms with Gasteiger partial charge in [-0.15, -0.1) is 0 Å². The zero-order chi connectivity index (χ0) is 21.0. The topological polar surface area (TPSA) is 78.5 Å². The molecule has 6 nitrogen and oxygen atoms in total. The van der Waals surface area contributed by atoms with E-state index in [1.54, 1.807) is 17.0 Å². The number of nitrogens with zero attached hydrogens (tertiary/aromatic N) is 1. The zero-order valence-electron chi connectivity index (χ0n) is 16.5. The van der Waals surface area contributed by atoms with Crippen LogP contribution in [-0.2, 0) is 14.4 Å². The molecule has 1 heterocycles. The minimum atomic E-state index is -0.703. The van der Waals surface area contributed by atoms with Crippen LogP contribution in [-0.4, -0.2) is 30.8 Å². The van der Waals surface area contributed by atoms with Crippen molar-refractivity contribution in [2.75, 3.05) is 23.3 Å². The molecule has 1 saturated heterocycles. The molecule has 0 bridgehead atoms. The van der Waals surface area contributed by atoms with Gasteiger partial charge in [0.1, 0.15) is 5.92 Å². The Bertz CT molecular complexity index is 927. The van der Waals surface area contributed by atoms with Crippen LogP contribution >= 0.6 is 15.9 Å². The zero-order valence-corrected chi connectivity index (χ0v) is 18.1. The number of amides is 3. The van der Waals surface area contributed by atoms with Crippen molar-refractivity contribution in [1.29, 1.82) is 0 Å². The predicted molar refractivity (Wildman–Crippen MR) is 117 cm³/mol. The third-order valence-corrected chi connectivity index (χ3v) is 5.63. The molecule has 1 unspecified atom stereocenters. The minimum Gasteiger partial charge on any atom is -0.355 e. The van der Waals surface area contributed by atoms with Gasteiger partial charge < -0.3 is 15.5 Å². The monoisotopic (exact) mass is 457 g/mol. The van der Waals surface area contributed by atoms with E-state index in [0.717, 1.165) is 21.3 Å². The Hall–Kier alpha value is -2.67. The molecule has 0 aromatic heterocycles. The van der Waals surface area contributed by atoms with Crippen LogP contribution in [0.15, 0.2) is 46.9 Å². The van der Waals surface area contributed by atoms with Crippen molar-refractivity contribution < 1.29 is 14.4 Å². The maximum absolute atomic E-state index is 12.7. The normalized spacial score (nSPS) is 16.0. The third-order valence-electron chi connectivity index (χ3n) is 5.10. The Labute approximate surface area is 178 Å². The molecule has 29 heavy (non-hydrogen) atoms. The fourth-order valence-electron chi connectivity index (χ4n) is 3.25. The number of hydrogen-bond acceptors (Lipinski definition) is 3. The van der Waals surface area contributed by atoms with E-state index in [2.05, 4.69) is 26.6 Å². The van der Waals surface area contributed by atoms with Crippen molar-refractivity contribution in [3.05, 3.63) is 58.1 Å². The molecular formula is C22H24BrN3O3. The van der Waals surface area contributed by atoms with E-state index >= 15 is 0 Å². The lowest BCUT2D eigenvalue weighted by Gasteiger charge is -2.18. The SMILES string of the molecule is Cc1ccc(N2CCC(C(=O)NCCC(=O)Nc3ccc(Br)cc3)C2=O)cc1C. The second kappa shape index (κ2) is 9.22. The largest absolute Gasteiger partial charge is 0.355 e. The third kappa shape index (κ3) is 5.23. The summed E-state index contributed by atoms with van der Waals surface area (Å²) in [5.41, 5.74) is 3.79. The molecule has 3 amide bonds. The number of carbonyl (C=O) groups is 3. The highest BCUT2D eigenvalue weighted by molar-refractivity contribution is 9.10. The van der Waals surface area contributed by atoms with Crippen LogP contribution in [0.25, 0.3) is 0 Å². The van der Waals surface area contributed by atoms with Gasteiger partial charge in [0.2, 0.25) is 17.7 Å². The first kappa shape index (κ1) is 21.0. The fraction of sp³-hybridized carbons (Fsp3) is 0.318. The molecule has 0 radical (unpaired) electrons. The molecule has 1 aliphatic rings. The second-order valence-corrected chi connectivity index (χ2v) is 8.11. The van der Waals surface area contributed by atoms with Gasteiger partial charge in [-0.3, -0.25) is 14.4 Å². The van der Waals surface area contributed by atoms with Crippen molar-refractivity contribution in [2.45, 2.75) is 26.7 Å². The van der Waals surface area contributed by atoms with E-state index in [-0.39, 0.29) is 30.7 Å². The fourth-order valence-corrected chi connectivity index (χ4v) is 3.52. The number of halogens is 1. The summed E-state index contributed by atoms with van der Waals surface area (Å²) in [6, 6.07) is 13.1. The lowest BCUT2D eigenvalue weighted by Crippen LogP contribution is -2.38. The highest BCUT2D eigenvalue weighted by atomic mass is 79.9. The predicted octanol–water partition coefficient (Wildman–Crippen LogP) is 3.56. The quantitative estimate of drug-likeness (QED) is 0.650. The number of anilines is 2. The summed E-state index contributed by atoms with van der Waals surface area (Å²) in [4.78, 5) is 38.8. The summed E-state index contributed by atoms with van der Waals surface area (Å²) in [6.45, 7) is 4.73. The van der Waals surface area contributed by atoms with Gasteiger partial charge in [0, 0.05) is 35.4 Å². The van der Waals surface area contributed by atoms with Gasteiger partial charge in [0.05, 0.1) is 0 Å². The molecule has 7 heteroatoms. The highest BCUT2D eigenvalue weighted by Crippen LogP contribution is 2.27. The standard InChI is InChI=1S/C22H24BrN3O3/c1-14-3-8-18(13-15(14)2)26-12-10-19(22(26)29)21(28)24-11-9-20(27)25-17-6-4-16(23)5-7-17/h3-8,13,19H,9-12H2,1-2H3,(H,24,28)(H,25,27). The molecule has 3 rings (SSSR count). The average Bonchev–Trinajstić information content (AvgIpc) is 3.07. The maximum atomic E-state index is 12.7. The Morgan fingerprint density at radius 2 is 1.83 bits per heavy atom. The molecule has 1 fully saturated rings. The maximum Gasteiger partial charge on any atom is 0.239 e. The molecule has 0 spiro atoms. The van der Waals surface area contributed by atoms with Crippen LogP contribution in [0.3, 0.4) is 0 Å². The first-order valence-electron chi connectivity index (χ1n) is 9.57. The minimum absolute atomic E-state index is 0.142. The van der Waals surface area contributed by atoms with Crippen molar-refractivity contribution >= 4 is 45.0 Å². The van der Waals surface area contributed by atoms with Crippen molar-refractivity contribution in [2.24, 2.45) is 5.92 Å². The van der Waals surface area contributed by atoms with Crippen LogP contribution in [0.4, 0.5) is 11.4 Å². The molecule has 1 atom stereocenters. The van der Waals surface area contributed by atoms with Gasteiger partial charge in [0.25, 0.3) is 0 Å².